The van der Waals surface area contributed by atoms with Crippen LogP contribution in [0, 0.1) is 11.8 Å². The standard InChI is InChI=1S/C23H32N2O3/c1-2-6-19-16-13-17(20-8-3-4-10-25(19)20)15-24(14-16)23(26)18-7-5-9-21-22(18)28-12-11-27-21/h5,7,9,16-17,19-20H,2-4,6,8,10-15H2,1H3/t16-,17+,19-,20-/m0/s1. The van der Waals surface area contributed by atoms with E-state index in [1.54, 1.807) is 0 Å². The number of rotatable bonds is 3. The summed E-state index contributed by atoms with van der Waals surface area (Å²) in [5.41, 5.74) is 0.671. The molecule has 0 radical (unpaired) electrons. The lowest BCUT2D eigenvalue weighted by molar-refractivity contribution is -0.0671. The highest BCUT2D eigenvalue weighted by Crippen LogP contribution is 2.43. The lowest BCUT2D eigenvalue weighted by atomic mass is 9.71. The fraction of sp³-hybridized carbons (Fsp3) is 0.696. The fourth-order valence-corrected chi connectivity index (χ4v) is 6.18. The van der Waals surface area contributed by atoms with E-state index in [1.807, 2.05) is 18.2 Å². The van der Waals surface area contributed by atoms with Gasteiger partial charge in [-0.25, -0.2) is 0 Å². The molecule has 0 N–H and O–H groups in total. The summed E-state index contributed by atoms with van der Waals surface area (Å²) < 4.78 is 11.5. The Bertz CT molecular complexity index is 737. The Morgan fingerprint density at radius 3 is 2.89 bits per heavy atom. The normalized spacial score (nSPS) is 32.0. The molecule has 0 unspecified atom stereocenters. The summed E-state index contributed by atoms with van der Waals surface area (Å²) >= 11 is 0. The van der Waals surface area contributed by atoms with E-state index < -0.39 is 0 Å². The summed E-state index contributed by atoms with van der Waals surface area (Å²) in [6.07, 6.45) is 7.76. The second-order valence-electron chi connectivity index (χ2n) is 8.95. The highest BCUT2D eigenvalue weighted by Gasteiger charge is 2.47. The van der Waals surface area contributed by atoms with Crippen molar-refractivity contribution in [3.63, 3.8) is 0 Å². The van der Waals surface area contributed by atoms with Gasteiger partial charge in [-0.2, -0.15) is 0 Å². The number of piperidine rings is 3. The van der Waals surface area contributed by atoms with E-state index in [1.165, 1.54) is 45.1 Å². The summed E-state index contributed by atoms with van der Waals surface area (Å²) in [6, 6.07) is 7.02. The quantitative estimate of drug-likeness (QED) is 0.799. The molecule has 4 heterocycles. The molecule has 2 bridgehead atoms. The minimum absolute atomic E-state index is 0.122. The third-order valence-electron chi connectivity index (χ3n) is 7.29. The smallest absolute Gasteiger partial charge is 0.257 e. The van der Waals surface area contributed by atoms with Crippen LogP contribution in [0.15, 0.2) is 18.2 Å². The Labute approximate surface area is 168 Å². The van der Waals surface area contributed by atoms with Crippen molar-refractivity contribution < 1.29 is 14.3 Å². The summed E-state index contributed by atoms with van der Waals surface area (Å²) in [7, 11) is 0. The van der Waals surface area contributed by atoms with Gasteiger partial charge in [0.1, 0.15) is 13.2 Å². The topological polar surface area (TPSA) is 42.0 Å². The van der Waals surface area contributed by atoms with Gasteiger partial charge in [-0.15, -0.1) is 0 Å². The van der Waals surface area contributed by atoms with Gasteiger partial charge in [0.25, 0.3) is 5.91 Å². The zero-order valence-corrected chi connectivity index (χ0v) is 16.9. The summed E-state index contributed by atoms with van der Waals surface area (Å²) in [5.74, 6) is 2.69. The van der Waals surface area contributed by atoms with Gasteiger partial charge < -0.3 is 14.4 Å². The molecule has 0 aliphatic carbocycles. The van der Waals surface area contributed by atoms with Crippen molar-refractivity contribution in [2.24, 2.45) is 11.8 Å². The van der Waals surface area contributed by atoms with Crippen LogP contribution in [-0.4, -0.2) is 60.6 Å². The number of para-hydroxylation sites is 1. The van der Waals surface area contributed by atoms with Crippen LogP contribution in [0.5, 0.6) is 11.5 Å². The first-order valence-electron chi connectivity index (χ1n) is 11.2. The number of carbonyl (C=O) groups excluding carboxylic acids is 1. The Morgan fingerprint density at radius 1 is 1.14 bits per heavy atom. The van der Waals surface area contributed by atoms with E-state index in [-0.39, 0.29) is 5.91 Å². The van der Waals surface area contributed by atoms with E-state index in [9.17, 15) is 4.79 Å². The van der Waals surface area contributed by atoms with Gasteiger partial charge in [-0.1, -0.05) is 25.8 Å². The van der Waals surface area contributed by atoms with Gasteiger partial charge in [-0.05, 0) is 56.2 Å². The van der Waals surface area contributed by atoms with Gasteiger partial charge in [-0.3, -0.25) is 9.69 Å². The lowest BCUT2D eigenvalue weighted by Gasteiger charge is -2.57. The second-order valence-corrected chi connectivity index (χ2v) is 8.95. The molecule has 3 saturated heterocycles. The number of hydrogen-bond acceptors (Lipinski definition) is 4. The molecule has 4 aliphatic rings. The van der Waals surface area contributed by atoms with Crippen molar-refractivity contribution >= 4 is 5.91 Å². The first-order valence-corrected chi connectivity index (χ1v) is 11.2. The first-order chi connectivity index (χ1) is 13.8. The number of hydrogen-bond donors (Lipinski definition) is 0. The number of likely N-dealkylation sites (tertiary alicyclic amines) is 1. The Balaban J connectivity index is 1.41. The van der Waals surface area contributed by atoms with Gasteiger partial charge in [0.05, 0.1) is 5.56 Å². The maximum absolute atomic E-state index is 13.5. The van der Waals surface area contributed by atoms with Crippen molar-refractivity contribution in [2.75, 3.05) is 32.8 Å². The van der Waals surface area contributed by atoms with Crippen molar-refractivity contribution in [3.8, 4) is 11.5 Å². The third kappa shape index (κ3) is 3.08. The molecular weight excluding hydrogens is 352 g/mol. The number of ether oxygens (including phenoxy) is 2. The van der Waals surface area contributed by atoms with E-state index in [2.05, 4.69) is 16.7 Å². The average molecular weight is 385 g/mol. The molecule has 4 atom stereocenters. The highest BCUT2D eigenvalue weighted by atomic mass is 16.6. The van der Waals surface area contributed by atoms with Crippen molar-refractivity contribution in [1.29, 1.82) is 0 Å². The van der Waals surface area contributed by atoms with E-state index in [4.69, 9.17) is 9.47 Å². The fourth-order valence-electron chi connectivity index (χ4n) is 6.18. The summed E-state index contributed by atoms with van der Waals surface area (Å²) in [6.45, 7) is 6.39. The molecule has 0 saturated carbocycles. The number of amides is 1. The number of fused-ring (bicyclic) bond motifs is 5. The van der Waals surface area contributed by atoms with Gasteiger partial charge in [0.2, 0.25) is 0 Å². The number of carbonyl (C=O) groups is 1. The number of nitrogens with zero attached hydrogens (tertiary/aromatic N) is 2. The van der Waals surface area contributed by atoms with Crippen LogP contribution in [0.4, 0.5) is 0 Å². The lowest BCUT2D eigenvalue weighted by Crippen LogP contribution is -2.64. The number of benzene rings is 1. The van der Waals surface area contributed by atoms with Crippen LogP contribution in [0.2, 0.25) is 0 Å². The SMILES string of the molecule is CCC[C@H]1[C@H]2C[C@H](CN(C(=O)c3cccc4c3OCCO4)C2)[C@@H]2CCCCN21. The summed E-state index contributed by atoms with van der Waals surface area (Å²) in [4.78, 5) is 18.5. The van der Waals surface area contributed by atoms with E-state index in [0.29, 0.717) is 54.2 Å². The highest BCUT2D eigenvalue weighted by molar-refractivity contribution is 5.98. The third-order valence-corrected chi connectivity index (χ3v) is 7.29. The molecule has 4 aliphatic heterocycles. The van der Waals surface area contributed by atoms with Crippen molar-refractivity contribution in [1.82, 2.24) is 9.80 Å². The van der Waals surface area contributed by atoms with Crippen LogP contribution in [-0.2, 0) is 0 Å². The second kappa shape index (κ2) is 7.58. The molecule has 5 heteroatoms. The summed E-state index contributed by atoms with van der Waals surface area (Å²) in [5, 5.41) is 0. The molecule has 152 valence electrons. The first kappa shape index (κ1) is 18.3. The van der Waals surface area contributed by atoms with Gasteiger partial charge in [0, 0.05) is 25.2 Å². The molecule has 1 aromatic rings. The van der Waals surface area contributed by atoms with E-state index >= 15 is 0 Å². The van der Waals surface area contributed by atoms with Crippen molar-refractivity contribution in [2.45, 2.75) is 57.5 Å². The maximum Gasteiger partial charge on any atom is 0.257 e. The Kier molecular flexibility index (Phi) is 4.95. The monoisotopic (exact) mass is 384 g/mol. The molecule has 5 rings (SSSR count). The minimum atomic E-state index is 0.122. The zero-order chi connectivity index (χ0) is 19.1. The molecule has 1 aromatic carbocycles. The maximum atomic E-state index is 13.5. The zero-order valence-electron chi connectivity index (χ0n) is 16.9. The molecule has 1 amide bonds. The Morgan fingerprint density at radius 2 is 2.00 bits per heavy atom. The molecule has 28 heavy (non-hydrogen) atoms. The minimum Gasteiger partial charge on any atom is -0.486 e. The van der Waals surface area contributed by atoms with E-state index in [0.717, 1.165) is 13.1 Å². The molecule has 0 spiro atoms. The van der Waals surface area contributed by atoms with Crippen LogP contribution in [0.1, 0.15) is 55.8 Å². The predicted molar refractivity (Wildman–Crippen MR) is 108 cm³/mol. The molecule has 0 aromatic heterocycles. The van der Waals surface area contributed by atoms with Crippen LogP contribution in [0.25, 0.3) is 0 Å². The van der Waals surface area contributed by atoms with Gasteiger partial charge >= 0.3 is 0 Å². The van der Waals surface area contributed by atoms with Crippen LogP contribution in [0.3, 0.4) is 0 Å². The molecule has 3 fully saturated rings. The molecule has 5 nitrogen and oxygen atoms in total. The largest absolute Gasteiger partial charge is 0.486 e. The molecular formula is C23H32N2O3. The Hall–Kier alpha value is -1.75. The van der Waals surface area contributed by atoms with Crippen LogP contribution >= 0.6 is 0 Å². The average Bonchev–Trinajstić information content (AvgIpc) is 2.75. The van der Waals surface area contributed by atoms with Crippen molar-refractivity contribution in [3.05, 3.63) is 23.8 Å². The van der Waals surface area contributed by atoms with Crippen LogP contribution < -0.4 is 9.47 Å². The van der Waals surface area contributed by atoms with Gasteiger partial charge in [0.15, 0.2) is 11.5 Å². The predicted octanol–water partition coefficient (Wildman–Crippen LogP) is 3.57.